The summed E-state index contributed by atoms with van der Waals surface area (Å²) in [6.45, 7) is 16.9. The van der Waals surface area contributed by atoms with Crippen molar-refractivity contribution in [3.05, 3.63) is 35.5 Å². The number of aromatic nitrogens is 2. The van der Waals surface area contributed by atoms with Crippen molar-refractivity contribution in [2.24, 2.45) is 16.7 Å². The van der Waals surface area contributed by atoms with Crippen LogP contribution >= 0.6 is 0 Å². The minimum Gasteiger partial charge on any atom is -0.349 e. The summed E-state index contributed by atoms with van der Waals surface area (Å²) in [4.78, 5) is 26.1. The molecule has 0 bridgehead atoms. The molecule has 2 fully saturated rings. The maximum atomic E-state index is 13.4. The van der Waals surface area contributed by atoms with Gasteiger partial charge in [-0.3, -0.25) is 9.59 Å². The molecule has 2 aromatic rings. The minimum atomic E-state index is -0.378. The van der Waals surface area contributed by atoms with Gasteiger partial charge in [-0.25, -0.2) is 0 Å². The average molecular weight is 451 g/mol. The number of nitrogens with zero attached hydrogens (tertiary/aromatic N) is 2. The van der Waals surface area contributed by atoms with Crippen LogP contribution in [0.25, 0.3) is 10.9 Å². The zero-order chi connectivity index (χ0) is 24.4. The first-order chi connectivity index (χ1) is 15.2. The van der Waals surface area contributed by atoms with Crippen molar-refractivity contribution >= 4 is 22.7 Å². The van der Waals surface area contributed by atoms with Gasteiger partial charge in [-0.15, -0.1) is 0 Å². The number of rotatable bonds is 5. The quantitative estimate of drug-likeness (QED) is 0.673. The Bertz CT molecular complexity index is 1110. The molecule has 0 radical (unpaired) electrons. The predicted molar refractivity (Wildman–Crippen MR) is 131 cm³/mol. The Kier molecular flexibility index (Phi) is 5.38. The van der Waals surface area contributed by atoms with Gasteiger partial charge in [0.25, 0.3) is 5.91 Å². The van der Waals surface area contributed by atoms with Gasteiger partial charge in [-0.1, -0.05) is 55.4 Å². The van der Waals surface area contributed by atoms with E-state index >= 15 is 0 Å². The van der Waals surface area contributed by atoms with Crippen LogP contribution in [0.5, 0.6) is 0 Å². The molecule has 0 spiro atoms. The summed E-state index contributed by atoms with van der Waals surface area (Å²) in [7, 11) is 0. The second kappa shape index (κ2) is 7.51. The molecule has 6 heteroatoms. The normalized spacial score (nSPS) is 24.0. The molecule has 2 N–H and O–H groups in total. The number of nitrogens with one attached hydrogen (secondary N) is 2. The van der Waals surface area contributed by atoms with Gasteiger partial charge in [-0.05, 0) is 53.9 Å². The summed E-state index contributed by atoms with van der Waals surface area (Å²) in [5.41, 5.74) is 1.77. The van der Waals surface area contributed by atoms with Gasteiger partial charge in [0.2, 0.25) is 5.91 Å². The molecule has 1 aromatic heterocycles. The number of carbonyl (C=O) groups is 2. The van der Waals surface area contributed by atoms with Crippen LogP contribution in [0.2, 0.25) is 0 Å². The van der Waals surface area contributed by atoms with Crippen LogP contribution in [0.4, 0.5) is 0 Å². The van der Waals surface area contributed by atoms with Crippen molar-refractivity contribution in [2.75, 3.05) is 0 Å². The van der Waals surface area contributed by atoms with E-state index in [0.29, 0.717) is 5.56 Å². The average Bonchev–Trinajstić information content (AvgIpc) is 3.62. The number of benzene rings is 1. The molecular formula is C27H38N4O2. The molecule has 178 valence electrons. The Morgan fingerprint density at radius 3 is 2.24 bits per heavy atom. The van der Waals surface area contributed by atoms with E-state index in [4.69, 9.17) is 0 Å². The number of amides is 2. The Labute approximate surface area is 197 Å². The van der Waals surface area contributed by atoms with Crippen molar-refractivity contribution in [3.63, 3.8) is 0 Å². The molecule has 2 atom stereocenters. The van der Waals surface area contributed by atoms with Crippen molar-refractivity contribution in [1.82, 2.24) is 20.8 Å². The third-order valence-corrected chi connectivity index (χ3v) is 7.99. The molecule has 2 aliphatic rings. The molecule has 6 nitrogen and oxygen atoms in total. The Morgan fingerprint density at radius 2 is 1.70 bits per heavy atom. The highest BCUT2D eigenvalue weighted by Gasteiger charge is 2.63. The highest BCUT2D eigenvalue weighted by molar-refractivity contribution is 5.99. The van der Waals surface area contributed by atoms with Gasteiger partial charge in [0, 0.05) is 28.3 Å². The first-order valence-corrected chi connectivity index (χ1v) is 12.1. The van der Waals surface area contributed by atoms with Gasteiger partial charge in [-0.2, -0.15) is 10.2 Å². The molecular weight excluding hydrogens is 412 g/mol. The maximum absolute atomic E-state index is 13.4. The smallest absolute Gasteiger partial charge is 0.251 e. The molecule has 2 amide bonds. The Hall–Kier alpha value is -2.50. The summed E-state index contributed by atoms with van der Waals surface area (Å²) in [6.07, 6.45) is 4.49. The van der Waals surface area contributed by atoms with E-state index in [-0.39, 0.29) is 45.6 Å². The number of carbonyl (C=O) groups excluding carboxylic acids is 2. The lowest BCUT2D eigenvalue weighted by Crippen LogP contribution is -2.49. The number of hydrogen-bond donors (Lipinski definition) is 2. The van der Waals surface area contributed by atoms with E-state index in [1.165, 1.54) is 0 Å². The fraction of sp³-hybridized carbons (Fsp3) is 0.630. The van der Waals surface area contributed by atoms with E-state index in [2.05, 4.69) is 62.4 Å². The zero-order valence-corrected chi connectivity index (χ0v) is 21.3. The lowest BCUT2D eigenvalue weighted by molar-refractivity contribution is -0.126. The largest absolute Gasteiger partial charge is 0.349 e. The third kappa shape index (κ3) is 4.02. The second-order valence-electron chi connectivity index (χ2n) is 12.4. The van der Waals surface area contributed by atoms with Crippen LogP contribution in [0.3, 0.4) is 0 Å². The molecule has 0 aliphatic heterocycles. The molecule has 0 saturated heterocycles. The van der Waals surface area contributed by atoms with Gasteiger partial charge >= 0.3 is 0 Å². The molecule has 2 unspecified atom stereocenters. The monoisotopic (exact) mass is 450 g/mol. The summed E-state index contributed by atoms with van der Waals surface area (Å²) in [6, 6.07) is 5.80. The summed E-state index contributed by atoms with van der Waals surface area (Å²) >= 11 is 0. The molecule has 2 saturated carbocycles. The lowest BCUT2D eigenvalue weighted by Gasteiger charge is -2.34. The topological polar surface area (TPSA) is 84.0 Å². The van der Waals surface area contributed by atoms with E-state index in [1.807, 2.05) is 32.0 Å². The first-order valence-electron chi connectivity index (χ1n) is 12.1. The highest BCUT2D eigenvalue weighted by Crippen LogP contribution is 2.61. The van der Waals surface area contributed by atoms with Crippen LogP contribution in [-0.4, -0.2) is 33.1 Å². The maximum Gasteiger partial charge on any atom is 0.251 e. The molecule has 1 aromatic carbocycles. The minimum absolute atomic E-state index is 0.00677. The fourth-order valence-corrected chi connectivity index (χ4v) is 5.16. The molecule has 2 aliphatic carbocycles. The van der Waals surface area contributed by atoms with Crippen molar-refractivity contribution in [2.45, 2.75) is 91.6 Å². The third-order valence-electron chi connectivity index (χ3n) is 7.99. The van der Waals surface area contributed by atoms with Crippen molar-refractivity contribution < 1.29 is 9.59 Å². The molecule has 4 rings (SSSR count). The Balaban J connectivity index is 1.74. The summed E-state index contributed by atoms with van der Waals surface area (Å²) in [5, 5.41) is 16.1. The van der Waals surface area contributed by atoms with E-state index in [1.54, 1.807) is 6.20 Å². The Morgan fingerprint density at radius 1 is 1.03 bits per heavy atom. The standard InChI is InChI=1S/C27H38N4O2/c1-16(2)22(32)30-27(25(6,7)8)15-20(27)19-14-18(13-17-9-12-28-31-21(17)19)23(33)29-26(10-11-26)24(3,4)5/h9,12-14,16,20H,10-11,15H2,1-8H3,(H,29,33)(H,30,32). The summed E-state index contributed by atoms with van der Waals surface area (Å²) < 4.78 is 0. The van der Waals surface area contributed by atoms with Gasteiger partial charge in [0.15, 0.2) is 0 Å². The van der Waals surface area contributed by atoms with E-state index in [9.17, 15) is 9.59 Å². The van der Waals surface area contributed by atoms with Gasteiger partial charge < -0.3 is 10.6 Å². The van der Waals surface area contributed by atoms with Crippen molar-refractivity contribution in [1.29, 1.82) is 0 Å². The van der Waals surface area contributed by atoms with Crippen LogP contribution in [0.15, 0.2) is 24.4 Å². The highest BCUT2D eigenvalue weighted by atomic mass is 16.2. The van der Waals surface area contributed by atoms with Crippen molar-refractivity contribution in [3.8, 4) is 0 Å². The fourth-order valence-electron chi connectivity index (χ4n) is 5.16. The predicted octanol–water partition coefficient (Wildman–Crippen LogP) is 4.98. The van der Waals surface area contributed by atoms with Crippen LogP contribution in [-0.2, 0) is 4.79 Å². The van der Waals surface area contributed by atoms with Gasteiger partial charge in [0.1, 0.15) is 0 Å². The van der Waals surface area contributed by atoms with E-state index < -0.39 is 0 Å². The second-order valence-corrected chi connectivity index (χ2v) is 12.4. The molecule has 1 heterocycles. The van der Waals surface area contributed by atoms with Crippen LogP contribution in [0.1, 0.15) is 96.5 Å². The molecule has 33 heavy (non-hydrogen) atoms. The van der Waals surface area contributed by atoms with Crippen LogP contribution in [0, 0.1) is 16.7 Å². The SMILES string of the molecule is CC(C)C(=O)NC1(C(C)(C)C)CC1c1cc(C(=O)NC2(C(C)(C)C)CC2)cc2ccnnc12. The number of fused-ring (bicyclic) bond motifs is 1. The first kappa shape index (κ1) is 23.7. The van der Waals surface area contributed by atoms with Crippen LogP contribution < -0.4 is 10.6 Å². The summed E-state index contributed by atoms with van der Waals surface area (Å²) in [5.74, 6) is -0.0101. The lowest BCUT2D eigenvalue weighted by atomic mass is 9.80. The zero-order valence-electron chi connectivity index (χ0n) is 21.3. The van der Waals surface area contributed by atoms with E-state index in [0.717, 1.165) is 35.7 Å². The van der Waals surface area contributed by atoms with Gasteiger partial charge in [0.05, 0.1) is 17.3 Å². The number of hydrogen-bond acceptors (Lipinski definition) is 4.